The van der Waals surface area contributed by atoms with Crippen LogP contribution in [0.25, 0.3) is 0 Å². The number of rotatable bonds is 8. The van der Waals surface area contributed by atoms with Crippen LogP contribution in [-0.4, -0.2) is 50.2 Å². The molecule has 0 spiro atoms. The Bertz CT molecular complexity index is 549. The van der Waals surface area contributed by atoms with Gasteiger partial charge in [0.2, 0.25) is 5.91 Å². The Morgan fingerprint density at radius 1 is 1.12 bits per heavy atom. The van der Waals surface area contributed by atoms with Crippen LogP contribution in [0.1, 0.15) is 32.6 Å². The highest BCUT2D eigenvalue weighted by molar-refractivity contribution is 5.77. The molecule has 1 amide bonds. The van der Waals surface area contributed by atoms with E-state index in [9.17, 15) is 9.59 Å². The number of likely N-dealkylation sites (tertiary alicyclic amines) is 1. The van der Waals surface area contributed by atoms with Crippen LogP contribution in [0, 0.1) is 5.92 Å². The molecule has 0 atom stereocenters. The monoisotopic (exact) mass is 349 g/mol. The van der Waals surface area contributed by atoms with Gasteiger partial charge in [-0.1, -0.05) is 0 Å². The highest BCUT2D eigenvalue weighted by atomic mass is 16.5. The number of piperidine rings is 1. The normalized spacial score (nSPS) is 14.9. The number of carbonyl (C=O) groups excluding carboxylic acids is 2. The Labute approximate surface area is 149 Å². The van der Waals surface area contributed by atoms with Gasteiger partial charge in [-0.2, -0.15) is 0 Å². The van der Waals surface area contributed by atoms with Crippen molar-refractivity contribution in [1.29, 1.82) is 0 Å². The highest BCUT2D eigenvalue weighted by Crippen LogP contribution is 2.20. The second-order valence-corrected chi connectivity index (χ2v) is 6.03. The Morgan fingerprint density at radius 2 is 1.76 bits per heavy atom. The van der Waals surface area contributed by atoms with Crippen molar-refractivity contribution in [2.24, 2.45) is 5.92 Å². The highest BCUT2D eigenvalue weighted by Gasteiger charge is 2.27. The molecule has 2 rings (SSSR count). The molecule has 1 fully saturated rings. The van der Waals surface area contributed by atoms with Gasteiger partial charge in [0.15, 0.2) is 0 Å². The summed E-state index contributed by atoms with van der Waals surface area (Å²) in [6.07, 6.45) is 2.50. The van der Waals surface area contributed by atoms with Gasteiger partial charge in [-0.25, -0.2) is 0 Å². The molecule has 6 heteroatoms. The van der Waals surface area contributed by atoms with Crippen LogP contribution in [0.3, 0.4) is 0 Å². The molecular formula is C19H27NO5. The van der Waals surface area contributed by atoms with E-state index < -0.39 is 0 Å². The molecule has 0 saturated carbocycles. The van der Waals surface area contributed by atoms with E-state index in [0.717, 1.165) is 11.5 Å². The van der Waals surface area contributed by atoms with Crippen molar-refractivity contribution in [2.75, 3.05) is 33.4 Å². The van der Waals surface area contributed by atoms with Gasteiger partial charge in [0.05, 0.1) is 26.2 Å². The molecule has 0 aromatic heterocycles. The number of benzene rings is 1. The number of amides is 1. The van der Waals surface area contributed by atoms with Gasteiger partial charge in [-0.15, -0.1) is 0 Å². The Kier molecular flexibility index (Phi) is 7.57. The molecule has 1 heterocycles. The van der Waals surface area contributed by atoms with Crippen molar-refractivity contribution in [2.45, 2.75) is 32.6 Å². The molecule has 138 valence electrons. The summed E-state index contributed by atoms with van der Waals surface area (Å²) in [6.45, 7) is 3.97. The van der Waals surface area contributed by atoms with Gasteiger partial charge in [0.25, 0.3) is 0 Å². The molecule has 6 nitrogen and oxygen atoms in total. The van der Waals surface area contributed by atoms with Gasteiger partial charge in [0, 0.05) is 19.5 Å². The standard InChI is InChI=1S/C19H27NO5/c1-3-24-19(22)15-10-12-20(13-11-15)18(21)5-4-14-25-17-8-6-16(23-2)7-9-17/h6-9,15H,3-5,10-14H2,1-2H3. The molecule has 1 aliphatic heterocycles. The third-order valence-corrected chi connectivity index (χ3v) is 4.33. The predicted octanol–water partition coefficient (Wildman–Crippen LogP) is 2.66. The zero-order chi connectivity index (χ0) is 18.1. The Balaban J connectivity index is 1.63. The summed E-state index contributed by atoms with van der Waals surface area (Å²) < 4.78 is 15.8. The van der Waals surface area contributed by atoms with E-state index in [4.69, 9.17) is 14.2 Å². The second-order valence-electron chi connectivity index (χ2n) is 6.03. The first-order valence-electron chi connectivity index (χ1n) is 8.85. The molecule has 1 aromatic rings. The minimum absolute atomic E-state index is 0.0672. The Hall–Kier alpha value is -2.24. The number of methoxy groups -OCH3 is 1. The van der Waals surface area contributed by atoms with Gasteiger partial charge >= 0.3 is 5.97 Å². The van der Waals surface area contributed by atoms with Crippen LogP contribution in [0.15, 0.2) is 24.3 Å². The maximum atomic E-state index is 12.2. The quantitative estimate of drug-likeness (QED) is 0.533. The van der Waals surface area contributed by atoms with Gasteiger partial charge in [-0.05, 0) is 50.5 Å². The lowest BCUT2D eigenvalue weighted by molar-refractivity contribution is -0.151. The lowest BCUT2D eigenvalue weighted by atomic mass is 9.97. The maximum absolute atomic E-state index is 12.2. The first kappa shape index (κ1) is 19.1. The van der Waals surface area contributed by atoms with Crippen LogP contribution in [0.4, 0.5) is 0 Å². The smallest absolute Gasteiger partial charge is 0.309 e. The molecule has 1 aromatic carbocycles. The van der Waals surface area contributed by atoms with Crippen molar-refractivity contribution < 1.29 is 23.8 Å². The van der Waals surface area contributed by atoms with Crippen molar-refractivity contribution >= 4 is 11.9 Å². The summed E-state index contributed by atoms with van der Waals surface area (Å²) >= 11 is 0. The topological polar surface area (TPSA) is 65.1 Å². The molecule has 0 aliphatic carbocycles. The summed E-state index contributed by atoms with van der Waals surface area (Å²) in [7, 11) is 1.62. The molecule has 1 aliphatic rings. The van der Waals surface area contributed by atoms with Gasteiger partial charge in [-0.3, -0.25) is 9.59 Å². The SMILES string of the molecule is CCOC(=O)C1CCN(C(=O)CCCOc2ccc(OC)cc2)CC1. The summed E-state index contributed by atoms with van der Waals surface area (Å²) in [4.78, 5) is 25.8. The number of hydrogen-bond acceptors (Lipinski definition) is 5. The fourth-order valence-corrected chi connectivity index (χ4v) is 2.87. The molecular weight excluding hydrogens is 322 g/mol. The first-order valence-corrected chi connectivity index (χ1v) is 8.85. The zero-order valence-corrected chi connectivity index (χ0v) is 15.0. The average Bonchev–Trinajstić information content (AvgIpc) is 2.66. The molecule has 0 N–H and O–H groups in total. The number of esters is 1. The maximum Gasteiger partial charge on any atom is 0.309 e. The van der Waals surface area contributed by atoms with E-state index in [1.54, 1.807) is 7.11 Å². The zero-order valence-electron chi connectivity index (χ0n) is 15.0. The predicted molar refractivity (Wildman–Crippen MR) is 93.7 cm³/mol. The number of hydrogen-bond donors (Lipinski definition) is 0. The molecule has 0 bridgehead atoms. The van der Waals surface area contributed by atoms with E-state index in [2.05, 4.69) is 0 Å². The van der Waals surface area contributed by atoms with Crippen LogP contribution < -0.4 is 9.47 Å². The number of carbonyl (C=O) groups is 2. The van der Waals surface area contributed by atoms with Crippen LogP contribution >= 0.6 is 0 Å². The molecule has 0 radical (unpaired) electrons. The average molecular weight is 349 g/mol. The van der Waals surface area contributed by atoms with Crippen LogP contribution in [0.2, 0.25) is 0 Å². The minimum Gasteiger partial charge on any atom is -0.497 e. The van der Waals surface area contributed by atoms with E-state index in [1.165, 1.54) is 0 Å². The second kappa shape index (κ2) is 9.91. The molecule has 1 saturated heterocycles. The summed E-state index contributed by atoms with van der Waals surface area (Å²) in [5.74, 6) is 1.47. The van der Waals surface area contributed by atoms with E-state index in [-0.39, 0.29) is 17.8 Å². The van der Waals surface area contributed by atoms with Crippen molar-refractivity contribution in [3.8, 4) is 11.5 Å². The third-order valence-electron chi connectivity index (χ3n) is 4.33. The summed E-state index contributed by atoms with van der Waals surface area (Å²) in [5, 5.41) is 0. The lowest BCUT2D eigenvalue weighted by Crippen LogP contribution is -2.40. The number of nitrogens with zero attached hydrogens (tertiary/aromatic N) is 1. The van der Waals surface area contributed by atoms with Crippen molar-refractivity contribution in [3.05, 3.63) is 24.3 Å². The van der Waals surface area contributed by atoms with E-state index in [1.807, 2.05) is 36.1 Å². The third kappa shape index (κ3) is 5.96. The molecule has 0 unspecified atom stereocenters. The number of ether oxygens (including phenoxy) is 3. The van der Waals surface area contributed by atoms with Gasteiger partial charge < -0.3 is 19.1 Å². The lowest BCUT2D eigenvalue weighted by Gasteiger charge is -2.31. The summed E-state index contributed by atoms with van der Waals surface area (Å²) in [6, 6.07) is 7.38. The fraction of sp³-hybridized carbons (Fsp3) is 0.579. The largest absolute Gasteiger partial charge is 0.497 e. The Morgan fingerprint density at radius 3 is 2.36 bits per heavy atom. The van der Waals surface area contributed by atoms with Crippen LogP contribution in [-0.2, 0) is 14.3 Å². The minimum atomic E-state index is -0.137. The summed E-state index contributed by atoms with van der Waals surface area (Å²) in [5.41, 5.74) is 0. The van der Waals surface area contributed by atoms with Gasteiger partial charge in [0.1, 0.15) is 11.5 Å². The van der Waals surface area contributed by atoms with Crippen LogP contribution in [0.5, 0.6) is 11.5 Å². The van der Waals surface area contributed by atoms with E-state index >= 15 is 0 Å². The fourth-order valence-electron chi connectivity index (χ4n) is 2.87. The van der Waals surface area contributed by atoms with Crippen molar-refractivity contribution in [1.82, 2.24) is 4.90 Å². The first-order chi connectivity index (χ1) is 12.1. The van der Waals surface area contributed by atoms with E-state index in [0.29, 0.717) is 52.0 Å². The van der Waals surface area contributed by atoms with Crippen molar-refractivity contribution in [3.63, 3.8) is 0 Å². The molecule has 25 heavy (non-hydrogen) atoms.